The molecule has 4 heteroatoms. The first kappa shape index (κ1) is 14.2. The van der Waals surface area contributed by atoms with Crippen molar-refractivity contribution in [1.29, 1.82) is 0 Å². The molecule has 2 heterocycles. The second-order valence-electron chi connectivity index (χ2n) is 5.47. The summed E-state index contributed by atoms with van der Waals surface area (Å²) in [5.74, 6) is 0.553. The van der Waals surface area contributed by atoms with Crippen LogP contribution in [0.25, 0.3) is 21.9 Å². The van der Waals surface area contributed by atoms with Crippen LogP contribution in [0.1, 0.15) is 0 Å². The molecule has 0 saturated carbocycles. The fraction of sp³-hybridized carbons (Fsp3) is 0. The molecule has 0 radical (unpaired) electrons. The Morgan fingerprint density at radius 1 is 0.875 bits per heavy atom. The maximum atomic E-state index is 12.4. The van der Waals surface area contributed by atoms with Crippen molar-refractivity contribution in [2.75, 3.05) is 5.32 Å². The standard InChI is InChI=1S/C20H15N3O/c24-20-18-16(11-12-21-20)17(14-7-3-1-4-8-14)13-22-19(18)23-15-9-5-2-6-10-15/h1-13H,(H,21,24)(H,22,23). The predicted molar refractivity (Wildman–Crippen MR) is 97.5 cm³/mol. The van der Waals surface area contributed by atoms with Gasteiger partial charge >= 0.3 is 0 Å². The first-order valence-electron chi connectivity index (χ1n) is 7.71. The summed E-state index contributed by atoms with van der Waals surface area (Å²) >= 11 is 0. The number of nitrogens with one attached hydrogen (secondary N) is 2. The Hall–Kier alpha value is -3.40. The van der Waals surface area contributed by atoms with Crippen LogP contribution in [0.15, 0.2) is 83.9 Å². The van der Waals surface area contributed by atoms with Crippen molar-refractivity contribution in [2.24, 2.45) is 0 Å². The molecule has 0 aliphatic rings. The highest BCUT2D eigenvalue weighted by Gasteiger charge is 2.12. The van der Waals surface area contributed by atoms with Crippen molar-refractivity contribution in [3.63, 3.8) is 0 Å². The smallest absolute Gasteiger partial charge is 0.259 e. The second kappa shape index (κ2) is 6.01. The van der Waals surface area contributed by atoms with Gasteiger partial charge < -0.3 is 10.3 Å². The van der Waals surface area contributed by atoms with E-state index in [4.69, 9.17) is 0 Å². The summed E-state index contributed by atoms with van der Waals surface area (Å²) in [5.41, 5.74) is 2.71. The summed E-state index contributed by atoms with van der Waals surface area (Å²) in [7, 11) is 0. The number of pyridine rings is 2. The summed E-state index contributed by atoms with van der Waals surface area (Å²) in [5, 5.41) is 4.67. The van der Waals surface area contributed by atoms with E-state index in [1.165, 1.54) is 0 Å². The van der Waals surface area contributed by atoms with Crippen LogP contribution in [0, 0.1) is 0 Å². The van der Waals surface area contributed by atoms with Crippen LogP contribution in [-0.4, -0.2) is 9.97 Å². The van der Waals surface area contributed by atoms with Crippen molar-refractivity contribution in [3.05, 3.63) is 89.5 Å². The molecule has 0 spiro atoms. The van der Waals surface area contributed by atoms with E-state index in [0.717, 1.165) is 22.2 Å². The van der Waals surface area contributed by atoms with Crippen LogP contribution >= 0.6 is 0 Å². The molecule has 2 aromatic heterocycles. The van der Waals surface area contributed by atoms with Crippen LogP contribution in [0.2, 0.25) is 0 Å². The van der Waals surface area contributed by atoms with Crippen LogP contribution in [-0.2, 0) is 0 Å². The number of rotatable bonds is 3. The third-order valence-electron chi connectivity index (χ3n) is 3.93. The molecule has 0 aliphatic carbocycles. The zero-order chi connectivity index (χ0) is 16.4. The Kier molecular flexibility index (Phi) is 3.56. The lowest BCUT2D eigenvalue weighted by Gasteiger charge is -2.11. The molecule has 0 amide bonds. The lowest BCUT2D eigenvalue weighted by Crippen LogP contribution is -2.09. The van der Waals surface area contributed by atoms with Gasteiger partial charge in [-0.25, -0.2) is 4.98 Å². The summed E-state index contributed by atoms with van der Waals surface area (Å²) in [6.45, 7) is 0. The van der Waals surface area contributed by atoms with Gasteiger partial charge in [0.2, 0.25) is 0 Å². The number of nitrogens with zero attached hydrogens (tertiary/aromatic N) is 1. The van der Waals surface area contributed by atoms with Crippen molar-refractivity contribution in [3.8, 4) is 11.1 Å². The first-order chi connectivity index (χ1) is 11.8. The number of benzene rings is 2. The number of aromatic amines is 1. The molecule has 116 valence electrons. The molecule has 0 aliphatic heterocycles. The number of hydrogen-bond acceptors (Lipinski definition) is 3. The van der Waals surface area contributed by atoms with E-state index in [1.807, 2.05) is 72.9 Å². The molecule has 4 nitrogen and oxygen atoms in total. The molecule has 0 bridgehead atoms. The quantitative estimate of drug-likeness (QED) is 0.592. The molecule has 4 aromatic rings. The zero-order valence-corrected chi connectivity index (χ0v) is 12.9. The van der Waals surface area contributed by atoms with Gasteiger partial charge in [-0.2, -0.15) is 0 Å². The Bertz CT molecular complexity index is 1040. The number of aromatic nitrogens is 2. The molecule has 2 N–H and O–H groups in total. The van der Waals surface area contributed by atoms with E-state index in [-0.39, 0.29) is 5.56 Å². The summed E-state index contributed by atoms with van der Waals surface area (Å²) in [6, 6.07) is 21.6. The van der Waals surface area contributed by atoms with Gasteiger partial charge in [-0.05, 0) is 23.8 Å². The highest BCUT2D eigenvalue weighted by molar-refractivity contribution is 6.01. The number of fused-ring (bicyclic) bond motifs is 1. The van der Waals surface area contributed by atoms with E-state index in [1.54, 1.807) is 6.20 Å². The van der Waals surface area contributed by atoms with Crippen LogP contribution in [0.3, 0.4) is 0 Å². The van der Waals surface area contributed by atoms with Gasteiger partial charge in [0.15, 0.2) is 0 Å². The van der Waals surface area contributed by atoms with Gasteiger partial charge in [0.05, 0.1) is 5.39 Å². The topological polar surface area (TPSA) is 57.8 Å². The maximum absolute atomic E-state index is 12.4. The van der Waals surface area contributed by atoms with Gasteiger partial charge in [0.1, 0.15) is 5.82 Å². The Morgan fingerprint density at radius 2 is 1.58 bits per heavy atom. The Balaban J connectivity index is 1.93. The summed E-state index contributed by atoms with van der Waals surface area (Å²) < 4.78 is 0. The average molecular weight is 313 g/mol. The fourth-order valence-electron chi connectivity index (χ4n) is 2.80. The normalized spacial score (nSPS) is 10.7. The minimum absolute atomic E-state index is 0.156. The highest BCUT2D eigenvalue weighted by atomic mass is 16.1. The SMILES string of the molecule is O=c1[nH]ccc2c(-c3ccccc3)cnc(Nc3ccccc3)c12. The molecule has 4 rings (SSSR count). The zero-order valence-electron chi connectivity index (χ0n) is 12.9. The lowest BCUT2D eigenvalue weighted by molar-refractivity contribution is 1.25. The van der Waals surface area contributed by atoms with Crippen LogP contribution < -0.4 is 10.9 Å². The van der Waals surface area contributed by atoms with E-state index in [0.29, 0.717) is 11.2 Å². The molecular weight excluding hydrogens is 298 g/mol. The average Bonchev–Trinajstić information content (AvgIpc) is 2.63. The number of hydrogen-bond donors (Lipinski definition) is 2. The minimum Gasteiger partial charge on any atom is -0.340 e. The molecule has 24 heavy (non-hydrogen) atoms. The molecule has 0 unspecified atom stereocenters. The third-order valence-corrected chi connectivity index (χ3v) is 3.93. The molecule has 0 atom stereocenters. The predicted octanol–water partition coefficient (Wildman–Crippen LogP) is 4.33. The Morgan fingerprint density at radius 3 is 2.33 bits per heavy atom. The Labute approximate surface area is 138 Å². The lowest BCUT2D eigenvalue weighted by atomic mass is 10.0. The van der Waals surface area contributed by atoms with E-state index < -0.39 is 0 Å². The number of para-hydroxylation sites is 1. The van der Waals surface area contributed by atoms with Gasteiger partial charge in [-0.3, -0.25) is 4.79 Å². The van der Waals surface area contributed by atoms with E-state index in [9.17, 15) is 4.79 Å². The summed E-state index contributed by atoms with van der Waals surface area (Å²) in [6.07, 6.45) is 3.48. The number of anilines is 2. The first-order valence-corrected chi connectivity index (χ1v) is 7.71. The van der Waals surface area contributed by atoms with Crippen LogP contribution in [0.5, 0.6) is 0 Å². The highest BCUT2D eigenvalue weighted by Crippen LogP contribution is 2.30. The third kappa shape index (κ3) is 2.54. The van der Waals surface area contributed by atoms with Gasteiger partial charge in [-0.15, -0.1) is 0 Å². The fourth-order valence-corrected chi connectivity index (χ4v) is 2.80. The van der Waals surface area contributed by atoms with Crippen molar-refractivity contribution >= 4 is 22.3 Å². The summed E-state index contributed by atoms with van der Waals surface area (Å²) in [4.78, 5) is 19.7. The molecule has 0 saturated heterocycles. The second-order valence-corrected chi connectivity index (χ2v) is 5.47. The molecular formula is C20H15N3O. The van der Waals surface area contributed by atoms with E-state index in [2.05, 4.69) is 15.3 Å². The molecule has 0 fully saturated rings. The van der Waals surface area contributed by atoms with Gasteiger partial charge in [-0.1, -0.05) is 48.5 Å². The van der Waals surface area contributed by atoms with Gasteiger partial charge in [0, 0.05) is 29.0 Å². The largest absolute Gasteiger partial charge is 0.340 e. The van der Waals surface area contributed by atoms with Crippen LogP contribution in [0.4, 0.5) is 11.5 Å². The monoisotopic (exact) mass is 313 g/mol. The number of H-pyrrole nitrogens is 1. The molecule has 2 aromatic carbocycles. The van der Waals surface area contributed by atoms with Crippen molar-refractivity contribution in [1.82, 2.24) is 9.97 Å². The van der Waals surface area contributed by atoms with Crippen molar-refractivity contribution in [2.45, 2.75) is 0 Å². The van der Waals surface area contributed by atoms with E-state index >= 15 is 0 Å². The van der Waals surface area contributed by atoms with Gasteiger partial charge in [0.25, 0.3) is 5.56 Å². The minimum atomic E-state index is -0.156. The maximum Gasteiger partial charge on any atom is 0.259 e. The van der Waals surface area contributed by atoms with Crippen molar-refractivity contribution < 1.29 is 0 Å².